The van der Waals surface area contributed by atoms with E-state index in [4.69, 9.17) is 0 Å². The molecule has 0 N–H and O–H groups in total. The summed E-state index contributed by atoms with van der Waals surface area (Å²) in [7, 11) is 0. The van der Waals surface area contributed by atoms with E-state index in [1.54, 1.807) is 12.4 Å². The Morgan fingerprint density at radius 2 is 0.821 bits per heavy atom. The first-order valence-electron chi connectivity index (χ1n) is 10.9. The molecule has 1 nitrogen and oxygen atoms in total. The van der Waals surface area contributed by atoms with Crippen LogP contribution in [0.25, 0.3) is 0 Å². The molecule has 1 aromatic carbocycles. The van der Waals surface area contributed by atoms with Crippen molar-refractivity contribution in [1.82, 2.24) is 4.98 Å². The molecule has 0 bridgehead atoms. The van der Waals surface area contributed by atoms with Gasteiger partial charge in [0, 0.05) is 12.4 Å². The molecule has 0 radical (unpaired) electrons. The van der Waals surface area contributed by atoms with Gasteiger partial charge in [0.25, 0.3) is 0 Å². The van der Waals surface area contributed by atoms with Gasteiger partial charge in [0.2, 0.25) is 0 Å². The number of hydrogen-bond donors (Lipinski definition) is 0. The number of aromatic nitrogens is 1. The van der Waals surface area contributed by atoms with E-state index in [1.165, 1.54) is 5.56 Å². The molecule has 0 aliphatic carbocycles. The molecule has 168 valence electrons. The summed E-state index contributed by atoms with van der Waals surface area (Å²) >= 11 is 0. The molecule has 0 spiro atoms. The Morgan fingerprint density at radius 1 is 0.536 bits per heavy atom. The highest BCUT2D eigenvalue weighted by molar-refractivity contribution is 5.17. The van der Waals surface area contributed by atoms with Crippen LogP contribution in [0, 0.1) is 5.92 Å². The molecule has 0 amide bonds. The maximum absolute atomic E-state index is 3.78. The molecule has 2 rings (SSSR count). The molecule has 28 heavy (non-hydrogen) atoms. The highest BCUT2D eigenvalue weighted by Gasteiger charge is 1.93. The number of rotatable bonds is 1. The van der Waals surface area contributed by atoms with Gasteiger partial charge < -0.3 is 0 Å². The summed E-state index contributed by atoms with van der Waals surface area (Å²) in [6, 6.07) is 16.2. The summed E-state index contributed by atoms with van der Waals surface area (Å²) in [6.45, 7) is 26.9. The van der Waals surface area contributed by atoms with E-state index in [0.29, 0.717) is 5.92 Å². The minimum Gasteiger partial charge on any atom is -0.265 e. The van der Waals surface area contributed by atoms with Crippen LogP contribution in [0.15, 0.2) is 60.9 Å². The number of nitrogens with zero attached hydrogens (tertiary/aromatic N) is 1. The fourth-order valence-corrected chi connectivity index (χ4v) is 1.15. The van der Waals surface area contributed by atoms with E-state index in [2.05, 4.69) is 63.9 Å². The fraction of sp³-hybridized carbons (Fsp3) is 0.593. The Labute approximate surface area is 181 Å². The van der Waals surface area contributed by atoms with Gasteiger partial charge in [-0.05, 0) is 29.5 Å². The van der Waals surface area contributed by atoms with Crippen LogP contribution in [-0.2, 0) is 0 Å². The normalized spacial score (nSPS) is 7.11. The van der Waals surface area contributed by atoms with E-state index in [9.17, 15) is 0 Å². The Bertz CT molecular complexity index is 350. The van der Waals surface area contributed by atoms with Crippen LogP contribution in [0.5, 0.6) is 0 Å². The molecule has 0 saturated heterocycles. The summed E-state index contributed by atoms with van der Waals surface area (Å²) < 4.78 is 0. The van der Waals surface area contributed by atoms with Gasteiger partial charge in [0.15, 0.2) is 0 Å². The van der Waals surface area contributed by atoms with Crippen molar-refractivity contribution in [2.24, 2.45) is 5.92 Å². The van der Waals surface area contributed by atoms with Crippen molar-refractivity contribution >= 4 is 0 Å². The SMILES string of the molecule is C.CC.CC.CC.CC.CC(C)C.CC(C)c1ccccc1.c1ccncc1. The van der Waals surface area contributed by atoms with Crippen LogP contribution in [0.4, 0.5) is 0 Å². The van der Waals surface area contributed by atoms with Gasteiger partial charge >= 0.3 is 0 Å². The maximum Gasteiger partial charge on any atom is 0.0267 e. The zero-order valence-corrected chi connectivity index (χ0v) is 20.9. The second-order valence-electron chi connectivity index (χ2n) is 5.32. The van der Waals surface area contributed by atoms with Crippen molar-refractivity contribution in [3.63, 3.8) is 0 Å². The molecule has 2 aromatic rings. The molecule has 0 saturated carbocycles. The first-order chi connectivity index (χ1) is 13.0. The van der Waals surface area contributed by atoms with Gasteiger partial charge in [-0.1, -0.05) is 134 Å². The third kappa shape index (κ3) is 49.7. The van der Waals surface area contributed by atoms with Crippen molar-refractivity contribution in [3.05, 3.63) is 66.5 Å². The van der Waals surface area contributed by atoms with Crippen LogP contribution < -0.4 is 0 Å². The minimum absolute atomic E-state index is 0. The number of benzene rings is 1. The third-order valence-electron chi connectivity index (χ3n) is 2.03. The summed E-state index contributed by atoms with van der Waals surface area (Å²) in [5.74, 6) is 1.49. The van der Waals surface area contributed by atoms with Crippen molar-refractivity contribution in [1.29, 1.82) is 0 Å². The molecule has 0 aliphatic heterocycles. The zero-order chi connectivity index (χ0) is 22.5. The molecule has 0 aliphatic rings. The lowest BCUT2D eigenvalue weighted by Crippen LogP contribution is -1.83. The van der Waals surface area contributed by atoms with E-state index < -0.39 is 0 Å². The largest absolute Gasteiger partial charge is 0.265 e. The monoisotopic (exact) mass is 393 g/mol. The summed E-state index contributed by atoms with van der Waals surface area (Å²) in [5.41, 5.74) is 1.41. The van der Waals surface area contributed by atoms with Crippen molar-refractivity contribution in [3.8, 4) is 0 Å². The van der Waals surface area contributed by atoms with Crippen molar-refractivity contribution in [2.45, 2.75) is 103 Å². The average Bonchev–Trinajstić information content (AvgIpc) is 2.76. The smallest absolute Gasteiger partial charge is 0.0267 e. The van der Waals surface area contributed by atoms with Gasteiger partial charge in [0.1, 0.15) is 0 Å². The number of hydrogen-bond acceptors (Lipinski definition) is 1. The molecule has 0 unspecified atom stereocenters. The molecular formula is C27H55N. The van der Waals surface area contributed by atoms with Crippen LogP contribution in [0.2, 0.25) is 0 Å². The van der Waals surface area contributed by atoms with Gasteiger partial charge in [-0.2, -0.15) is 0 Å². The minimum atomic E-state index is 0. The summed E-state index contributed by atoms with van der Waals surface area (Å²) in [5, 5.41) is 0. The van der Waals surface area contributed by atoms with E-state index in [1.807, 2.05) is 79.7 Å². The molecule has 1 heterocycles. The van der Waals surface area contributed by atoms with Gasteiger partial charge in [-0.15, -0.1) is 0 Å². The molecule has 0 atom stereocenters. The van der Waals surface area contributed by atoms with Crippen LogP contribution >= 0.6 is 0 Å². The highest BCUT2D eigenvalue weighted by Crippen LogP contribution is 2.11. The Kier molecular flexibility index (Phi) is 65.2. The van der Waals surface area contributed by atoms with Crippen molar-refractivity contribution < 1.29 is 0 Å². The molecular weight excluding hydrogens is 338 g/mol. The standard InChI is InChI=1S/C9H12.C5H5N.C4H10.4C2H6.CH4/c1-8(2)9-6-4-3-5-7-9;1-2-4-6-5-3-1;1-4(2)3;4*1-2;/h3-8H,1-2H3;1-5H;4H,1-3H3;4*1-2H3;1H4. The fourth-order valence-electron chi connectivity index (χ4n) is 1.15. The lowest BCUT2D eigenvalue weighted by Gasteiger charge is -2.01. The Hall–Kier alpha value is -1.63. The first kappa shape index (κ1) is 40.9. The Balaban J connectivity index is -0.0000000564. The first-order valence-corrected chi connectivity index (χ1v) is 10.9. The second-order valence-corrected chi connectivity index (χ2v) is 5.32. The van der Waals surface area contributed by atoms with Gasteiger partial charge in [-0.3, -0.25) is 4.98 Å². The second kappa shape index (κ2) is 44.6. The lowest BCUT2D eigenvalue weighted by atomic mass is 10.0. The topological polar surface area (TPSA) is 12.9 Å². The van der Waals surface area contributed by atoms with Crippen LogP contribution in [0.1, 0.15) is 109 Å². The average molecular weight is 394 g/mol. The van der Waals surface area contributed by atoms with Gasteiger partial charge in [0.05, 0.1) is 0 Å². The van der Waals surface area contributed by atoms with E-state index >= 15 is 0 Å². The molecule has 1 heteroatoms. The predicted octanol–water partition coefficient (Wildman–Crippen LogP) is 10.3. The van der Waals surface area contributed by atoms with Gasteiger partial charge in [-0.25, -0.2) is 0 Å². The highest BCUT2D eigenvalue weighted by atomic mass is 14.6. The van der Waals surface area contributed by atoms with E-state index in [-0.39, 0.29) is 7.43 Å². The third-order valence-corrected chi connectivity index (χ3v) is 2.03. The van der Waals surface area contributed by atoms with E-state index in [0.717, 1.165) is 5.92 Å². The lowest BCUT2D eigenvalue weighted by molar-refractivity contribution is 0.737. The summed E-state index contributed by atoms with van der Waals surface area (Å²) in [4.78, 5) is 3.78. The predicted molar refractivity (Wildman–Crippen MR) is 137 cm³/mol. The molecule has 0 fully saturated rings. The summed E-state index contributed by atoms with van der Waals surface area (Å²) in [6.07, 6.45) is 3.50. The Morgan fingerprint density at radius 3 is 0.964 bits per heavy atom. The quantitative estimate of drug-likeness (QED) is 0.469. The maximum atomic E-state index is 3.78. The zero-order valence-electron chi connectivity index (χ0n) is 20.9. The van der Waals surface area contributed by atoms with Crippen molar-refractivity contribution in [2.75, 3.05) is 0 Å². The van der Waals surface area contributed by atoms with Crippen LogP contribution in [0.3, 0.4) is 0 Å². The number of pyridine rings is 1. The van der Waals surface area contributed by atoms with Crippen LogP contribution in [-0.4, -0.2) is 4.98 Å². The molecule has 1 aromatic heterocycles.